The van der Waals surface area contributed by atoms with Crippen molar-refractivity contribution in [2.24, 2.45) is 0 Å². The number of hydrogen-bond acceptors (Lipinski definition) is 1. The van der Waals surface area contributed by atoms with Gasteiger partial charge in [0.2, 0.25) is 0 Å². The maximum Gasteiger partial charge on any atom is 0.0484 e. The molecule has 1 N–H and O–H groups in total. The molecule has 0 unspecified atom stereocenters. The van der Waals surface area contributed by atoms with Gasteiger partial charge in [-0.3, -0.25) is 0 Å². The van der Waals surface area contributed by atoms with Gasteiger partial charge in [-0.2, -0.15) is 0 Å². The lowest BCUT2D eigenvalue weighted by Crippen LogP contribution is -2.25. The van der Waals surface area contributed by atoms with Gasteiger partial charge in [0, 0.05) is 10.4 Å². The number of nitrogens with one attached hydrogen (secondary N) is 1. The molecule has 0 bridgehead atoms. The molecule has 2 rings (SSSR count). The maximum atomic E-state index is 6.29. The van der Waals surface area contributed by atoms with E-state index in [9.17, 15) is 0 Å². The SMILES string of the molecule is CCNCCC(C)(C)c1ccc(Cl)c2ccccc12. The number of rotatable bonds is 5. The van der Waals surface area contributed by atoms with E-state index in [0.717, 1.165) is 29.9 Å². The van der Waals surface area contributed by atoms with Gasteiger partial charge in [-0.25, -0.2) is 0 Å². The van der Waals surface area contributed by atoms with Crippen LogP contribution in [0.3, 0.4) is 0 Å². The summed E-state index contributed by atoms with van der Waals surface area (Å²) in [4.78, 5) is 0. The van der Waals surface area contributed by atoms with E-state index >= 15 is 0 Å². The number of benzene rings is 2. The molecule has 1 nitrogen and oxygen atoms in total. The summed E-state index contributed by atoms with van der Waals surface area (Å²) in [6.45, 7) is 8.82. The molecule has 0 radical (unpaired) electrons. The van der Waals surface area contributed by atoms with Crippen LogP contribution in [0, 0.1) is 0 Å². The van der Waals surface area contributed by atoms with Gasteiger partial charge in [0.1, 0.15) is 0 Å². The van der Waals surface area contributed by atoms with Crippen molar-refractivity contribution in [2.75, 3.05) is 13.1 Å². The first kappa shape index (κ1) is 14.4. The molecule has 0 spiro atoms. The molecule has 0 saturated heterocycles. The van der Waals surface area contributed by atoms with E-state index in [2.05, 4.69) is 50.4 Å². The van der Waals surface area contributed by atoms with Crippen molar-refractivity contribution in [3.05, 3.63) is 47.0 Å². The largest absolute Gasteiger partial charge is 0.317 e. The van der Waals surface area contributed by atoms with Gasteiger partial charge < -0.3 is 5.32 Å². The summed E-state index contributed by atoms with van der Waals surface area (Å²) in [5.41, 5.74) is 1.53. The van der Waals surface area contributed by atoms with Gasteiger partial charge in [0.25, 0.3) is 0 Å². The van der Waals surface area contributed by atoms with Gasteiger partial charge in [-0.15, -0.1) is 0 Å². The van der Waals surface area contributed by atoms with E-state index in [1.807, 2.05) is 12.1 Å². The Balaban J connectivity index is 2.41. The first-order valence-corrected chi connectivity index (χ1v) is 7.32. The van der Waals surface area contributed by atoms with Crippen LogP contribution in [0.25, 0.3) is 10.8 Å². The second-order valence-electron chi connectivity index (χ2n) is 5.63. The minimum absolute atomic E-state index is 0.145. The highest BCUT2D eigenvalue weighted by Gasteiger charge is 2.22. The predicted molar refractivity (Wildman–Crippen MR) is 85.1 cm³/mol. The Labute approximate surface area is 121 Å². The first-order valence-electron chi connectivity index (χ1n) is 6.94. The Hall–Kier alpha value is -1.05. The number of hydrogen-bond donors (Lipinski definition) is 1. The molecule has 2 heteroatoms. The smallest absolute Gasteiger partial charge is 0.0484 e. The van der Waals surface area contributed by atoms with Crippen LogP contribution in [-0.4, -0.2) is 13.1 Å². The summed E-state index contributed by atoms with van der Waals surface area (Å²) in [5, 5.41) is 6.67. The maximum absolute atomic E-state index is 6.29. The Bertz CT molecular complexity index is 560. The highest BCUT2D eigenvalue weighted by Crippen LogP contribution is 2.35. The van der Waals surface area contributed by atoms with Crippen LogP contribution in [0.2, 0.25) is 5.02 Å². The Morgan fingerprint density at radius 2 is 1.74 bits per heavy atom. The van der Waals surface area contributed by atoms with Crippen molar-refractivity contribution in [3.8, 4) is 0 Å². The van der Waals surface area contributed by atoms with E-state index in [-0.39, 0.29) is 5.41 Å². The zero-order chi connectivity index (χ0) is 13.9. The molecule has 19 heavy (non-hydrogen) atoms. The average molecular weight is 276 g/mol. The minimum atomic E-state index is 0.145. The molecule has 0 aliphatic rings. The molecule has 0 amide bonds. The highest BCUT2D eigenvalue weighted by molar-refractivity contribution is 6.35. The van der Waals surface area contributed by atoms with Gasteiger partial charge in [0.05, 0.1) is 0 Å². The molecule has 0 aromatic heterocycles. The number of halogens is 1. The summed E-state index contributed by atoms with van der Waals surface area (Å²) >= 11 is 6.29. The molecule has 0 aliphatic heterocycles. The average Bonchev–Trinajstić information content (AvgIpc) is 2.39. The zero-order valence-corrected chi connectivity index (χ0v) is 12.7. The standard InChI is InChI=1S/C17H22ClN/c1-4-19-12-11-17(2,3)15-9-10-16(18)14-8-6-5-7-13(14)15/h5-10,19H,4,11-12H2,1-3H3. The number of fused-ring (bicyclic) bond motifs is 1. The molecule has 0 aliphatic carbocycles. The van der Waals surface area contributed by atoms with Gasteiger partial charge in [-0.1, -0.05) is 62.7 Å². The second-order valence-corrected chi connectivity index (χ2v) is 6.04. The van der Waals surface area contributed by atoms with Crippen LogP contribution in [0.4, 0.5) is 0 Å². The third-order valence-corrected chi connectivity index (χ3v) is 4.11. The third kappa shape index (κ3) is 3.10. The van der Waals surface area contributed by atoms with E-state index in [1.165, 1.54) is 10.9 Å². The lowest BCUT2D eigenvalue weighted by molar-refractivity contribution is 0.464. The van der Waals surface area contributed by atoms with Crippen LogP contribution < -0.4 is 5.32 Å². The lowest BCUT2D eigenvalue weighted by atomic mass is 9.79. The van der Waals surface area contributed by atoms with E-state index < -0.39 is 0 Å². The Kier molecular flexibility index (Phi) is 4.49. The normalized spacial score (nSPS) is 12.0. The van der Waals surface area contributed by atoms with E-state index in [0.29, 0.717) is 0 Å². The summed E-state index contributed by atoms with van der Waals surface area (Å²) in [7, 11) is 0. The van der Waals surface area contributed by atoms with Gasteiger partial charge >= 0.3 is 0 Å². The molecule has 0 saturated carbocycles. The van der Waals surface area contributed by atoms with Crippen molar-refractivity contribution < 1.29 is 0 Å². The first-order chi connectivity index (χ1) is 9.06. The monoisotopic (exact) mass is 275 g/mol. The second kappa shape index (κ2) is 5.94. The summed E-state index contributed by atoms with van der Waals surface area (Å²) in [5.74, 6) is 0. The molecule has 2 aromatic carbocycles. The van der Waals surface area contributed by atoms with Crippen LogP contribution in [0.5, 0.6) is 0 Å². The highest BCUT2D eigenvalue weighted by atomic mass is 35.5. The van der Waals surface area contributed by atoms with E-state index in [1.54, 1.807) is 0 Å². The summed E-state index contributed by atoms with van der Waals surface area (Å²) in [6.07, 6.45) is 1.12. The van der Waals surface area contributed by atoms with Crippen molar-refractivity contribution in [3.63, 3.8) is 0 Å². The molecule has 0 heterocycles. The zero-order valence-electron chi connectivity index (χ0n) is 12.0. The fourth-order valence-corrected chi connectivity index (χ4v) is 2.79. The van der Waals surface area contributed by atoms with Crippen LogP contribution in [-0.2, 0) is 5.41 Å². The minimum Gasteiger partial charge on any atom is -0.317 e. The topological polar surface area (TPSA) is 12.0 Å². The van der Waals surface area contributed by atoms with Crippen molar-refractivity contribution >= 4 is 22.4 Å². The quantitative estimate of drug-likeness (QED) is 0.775. The van der Waals surface area contributed by atoms with Gasteiger partial charge in [0.15, 0.2) is 0 Å². The van der Waals surface area contributed by atoms with Crippen molar-refractivity contribution in [1.29, 1.82) is 0 Å². The molecular formula is C17H22ClN. The van der Waals surface area contributed by atoms with Gasteiger partial charge in [-0.05, 0) is 41.9 Å². The fraction of sp³-hybridized carbons (Fsp3) is 0.412. The van der Waals surface area contributed by atoms with Crippen molar-refractivity contribution in [1.82, 2.24) is 5.32 Å². The fourth-order valence-electron chi connectivity index (χ4n) is 2.56. The van der Waals surface area contributed by atoms with Crippen LogP contribution >= 0.6 is 11.6 Å². The van der Waals surface area contributed by atoms with Crippen LogP contribution in [0.1, 0.15) is 32.8 Å². The van der Waals surface area contributed by atoms with E-state index in [4.69, 9.17) is 11.6 Å². The Morgan fingerprint density at radius 1 is 1.05 bits per heavy atom. The molecule has 2 aromatic rings. The predicted octanol–water partition coefficient (Wildman–Crippen LogP) is 4.77. The lowest BCUT2D eigenvalue weighted by Gasteiger charge is -2.27. The van der Waals surface area contributed by atoms with Crippen LogP contribution in [0.15, 0.2) is 36.4 Å². The summed E-state index contributed by atoms with van der Waals surface area (Å²) < 4.78 is 0. The molecular weight excluding hydrogens is 254 g/mol. The molecule has 102 valence electrons. The van der Waals surface area contributed by atoms with Crippen molar-refractivity contribution in [2.45, 2.75) is 32.6 Å². The summed E-state index contributed by atoms with van der Waals surface area (Å²) in [6, 6.07) is 12.6. The molecule has 0 fully saturated rings. The third-order valence-electron chi connectivity index (χ3n) is 3.78. The Morgan fingerprint density at radius 3 is 2.42 bits per heavy atom. The molecule has 0 atom stereocenters.